The minimum absolute atomic E-state index is 0.0252. The van der Waals surface area contributed by atoms with Gasteiger partial charge in [0.2, 0.25) is 0 Å². The minimum Gasteiger partial charge on any atom is -0.479 e. The zero-order chi connectivity index (χ0) is 25.2. The maximum absolute atomic E-state index is 12.6. The number of hydrogen-bond donors (Lipinski definition) is 4. The third kappa shape index (κ3) is 4.87. The molecule has 182 valence electrons. The number of benzene rings is 2. The molecule has 35 heavy (non-hydrogen) atoms. The predicted octanol–water partition coefficient (Wildman–Crippen LogP) is 2.02. The van der Waals surface area contributed by atoms with Crippen LogP contribution in [0.5, 0.6) is 0 Å². The van der Waals surface area contributed by atoms with Crippen LogP contribution in [0.15, 0.2) is 54.7 Å². The van der Waals surface area contributed by atoms with E-state index in [1.807, 2.05) is 36.4 Å². The van der Waals surface area contributed by atoms with Gasteiger partial charge >= 0.3 is 12.1 Å². The van der Waals surface area contributed by atoms with Crippen molar-refractivity contribution in [1.82, 2.24) is 20.4 Å². The van der Waals surface area contributed by atoms with Crippen LogP contribution in [0.1, 0.15) is 40.0 Å². The fourth-order valence-corrected chi connectivity index (χ4v) is 4.13. The van der Waals surface area contributed by atoms with Crippen LogP contribution in [0.4, 0.5) is 4.79 Å². The lowest BCUT2D eigenvalue weighted by Crippen LogP contribution is -2.47. The van der Waals surface area contributed by atoms with Crippen molar-refractivity contribution in [1.29, 1.82) is 0 Å². The van der Waals surface area contributed by atoms with Gasteiger partial charge < -0.3 is 25.6 Å². The first kappa shape index (κ1) is 24.0. The van der Waals surface area contributed by atoms with Crippen LogP contribution in [0.3, 0.4) is 0 Å². The van der Waals surface area contributed by atoms with E-state index in [0.29, 0.717) is 5.56 Å². The van der Waals surface area contributed by atoms with Crippen molar-refractivity contribution in [2.75, 3.05) is 13.2 Å². The summed E-state index contributed by atoms with van der Waals surface area (Å²) in [5.74, 6) is -2.16. The van der Waals surface area contributed by atoms with Crippen LogP contribution < -0.4 is 10.6 Å². The Morgan fingerprint density at radius 2 is 1.66 bits per heavy atom. The van der Waals surface area contributed by atoms with Gasteiger partial charge in [0.1, 0.15) is 12.3 Å². The lowest BCUT2D eigenvalue weighted by molar-refractivity contribution is -0.155. The van der Waals surface area contributed by atoms with E-state index < -0.39 is 30.1 Å². The minimum atomic E-state index is -2.12. The number of carboxylic acids is 1. The summed E-state index contributed by atoms with van der Waals surface area (Å²) in [7, 11) is 1.54. The summed E-state index contributed by atoms with van der Waals surface area (Å²) in [5.41, 5.74) is 2.89. The number of aryl methyl sites for hydroxylation is 1. The van der Waals surface area contributed by atoms with Crippen LogP contribution in [-0.2, 0) is 23.1 Å². The van der Waals surface area contributed by atoms with Gasteiger partial charge in [-0.2, -0.15) is 5.10 Å². The average molecular weight is 479 g/mol. The van der Waals surface area contributed by atoms with Crippen LogP contribution in [0, 0.1) is 0 Å². The molecule has 0 saturated carbocycles. The number of nitrogens with one attached hydrogen (secondary N) is 2. The number of ether oxygens (including phenoxy) is 1. The molecule has 10 heteroatoms. The maximum atomic E-state index is 12.6. The molecule has 1 atom stereocenters. The molecule has 1 aromatic heterocycles. The summed E-state index contributed by atoms with van der Waals surface area (Å²) >= 11 is 0. The molecule has 3 aromatic rings. The van der Waals surface area contributed by atoms with Gasteiger partial charge in [0.15, 0.2) is 5.60 Å². The molecule has 2 aromatic carbocycles. The van der Waals surface area contributed by atoms with E-state index in [1.165, 1.54) is 10.9 Å². The van der Waals surface area contributed by atoms with Gasteiger partial charge in [-0.1, -0.05) is 48.5 Å². The molecule has 1 aliphatic rings. The van der Waals surface area contributed by atoms with Crippen molar-refractivity contribution in [2.24, 2.45) is 7.05 Å². The third-order valence-electron chi connectivity index (χ3n) is 6.05. The van der Waals surface area contributed by atoms with Crippen LogP contribution in [0.25, 0.3) is 11.1 Å². The second-order valence-electron chi connectivity index (χ2n) is 8.58. The van der Waals surface area contributed by atoms with Crippen LogP contribution >= 0.6 is 0 Å². The number of carboxylic acid groups (broad SMARTS) is 1. The Balaban J connectivity index is 1.36. The number of aliphatic carboxylic acids is 1. The summed E-state index contributed by atoms with van der Waals surface area (Å²) < 4.78 is 6.82. The molecule has 1 aliphatic carbocycles. The highest BCUT2D eigenvalue weighted by Gasteiger charge is 2.31. The lowest BCUT2D eigenvalue weighted by atomic mass is 9.98. The highest BCUT2D eigenvalue weighted by Crippen LogP contribution is 2.44. The lowest BCUT2D eigenvalue weighted by Gasteiger charge is -2.18. The Morgan fingerprint density at radius 1 is 1.06 bits per heavy atom. The first-order valence-corrected chi connectivity index (χ1v) is 11.0. The molecular weight excluding hydrogens is 452 g/mol. The summed E-state index contributed by atoms with van der Waals surface area (Å²) in [5, 5.41) is 27.9. The molecule has 1 heterocycles. The molecule has 0 spiro atoms. The van der Waals surface area contributed by atoms with E-state index in [-0.39, 0.29) is 24.8 Å². The number of carbonyl (C=O) groups is 3. The highest BCUT2D eigenvalue weighted by atomic mass is 16.5. The van der Waals surface area contributed by atoms with E-state index in [2.05, 4.69) is 27.9 Å². The Kier molecular flexibility index (Phi) is 6.57. The Bertz CT molecular complexity index is 1240. The Hall–Kier alpha value is -4.18. The first-order chi connectivity index (χ1) is 16.7. The van der Waals surface area contributed by atoms with Crippen molar-refractivity contribution in [3.05, 3.63) is 77.1 Å². The van der Waals surface area contributed by atoms with Crippen molar-refractivity contribution >= 4 is 18.0 Å². The summed E-state index contributed by atoms with van der Waals surface area (Å²) in [4.78, 5) is 36.1. The predicted molar refractivity (Wildman–Crippen MR) is 126 cm³/mol. The number of alkyl carbamates (subject to hydrolysis) is 1. The molecule has 4 N–H and O–H groups in total. The quantitative estimate of drug-likeness (QED) is 0.388. The molecule has 0 fully saturated rings. The second kappa shape index (κ2) is 9.59. The van der Waals surface area contributed by atoms with Crippen molar-refractivity contribution in [3.63, 3.8) is 0 Å². The second-order valence-corrected chi connectivity index (χ2v) is 8.58. The monoisotopic (exact) mass is 478 g/mol. The van der Waals surface area contributed by atoms with Gasteiger partial charge in [0.05, 0.1) is 19.3 Å². The third-order valence-corrected chi connectivity index (χ3v) is 6.05. The number of nitrogens with zero attached hydrogens (tertiary/aromatic N) is 2. The fourth-order valence-electron chi connectivity index (χ4n) is 4.13. The fraction of sp³-hybridized carbons (Fsp3) is 0.280. The largest absolute Gasteiger partial charge is 0.479 e. The van der Waals surface area contributed by atoms with E-state index in [1.54, 1.807) is 7.05 Å². The van der Waals surface area contributed by atoms with Gasteiger partial charge in [0, 0.05) is 18.5 Å². The van der Waals surface area contributed by atoms with Crippen LogP contribution in [-0.4, -0.2) is 56.7 Å². The first-order valence-electron chi connectivity index (χ1n) is 11.0. The number of hydrogen-bond acceptors (Lipinski definition) is 6. The number of aliphatic hydroxyl groups is 1. The molecule has 0 saturated heterocycles. The zero-order valence-corrected chi connectivity index (χ0v) is 19.3. The number of carbonyl (C=O) groups excluding carboxylic acids is 2. The molecule has 1 unspecified atom stereocenters. The van der Waals surface area contributed by atoms with Crippen LogP contribution in [0.2, 0.25) is 0 Å². The number of amides is 2. The molecule has 10 nitrogen and oxygen atoms in total. The van der Waals surface area contributed by atoms with Gasteiger partial charge in [-0.05, 0) is 29.2 Å². The Labute approximate surface area is 201 Å². The van der Waals surface area contributed by atoms with E-state index in [4.69, 9.17) is 9.84 Å². The molecular formula is C25H26N4O6. The SMILES string of the molecule is Cn1ncc(CNC(=O)OCC2c3ccccc3-c3ccccc32)c1C(=O)NCC(C)(O)C(=O)O. The smallest absolute Gasteiger partial charge is 0.407 e. The van der Waals surface area contributed by atoms with Crippen molar-refractivity contribution in [2.45, 2.75) is 25.0 Å². The van der Waals surface area contributed by atoms with E-state index in [9.17, 15) is 19.5 Å². The van der Waals surface area contributed by atoms with E-state index >= 15 is 0 Å². The molecule has 4 rings (SSSR count). The van der Waals surface area contributed by atoms with E-state index in [0.717, 1.165) is 29.2 Å². The van der Waals surface area contributed by atoms with Gasteiger partial charge in [-0.25, -0.2) is 9.59 Å². The average Bonchev–Trinajstić information content (AvgIpc) is 3.37. The molecule has 0 aliphatic heterocycles. The number of fused-ring (bicyclic) bond motifs is 3. The topological polar surface area (TPSA) is 143 Å². The van der Waals surface area contributed by atoms with Gasteiger partial charge in [-0.15, -0.1) is 0 Å². The molecule has 0 bridgehead atoms. The Morgan fingerprint density at radius 3 is 2.26 bits per heavy atom. The summed E-state index contributed by atoms with van der Waals surface area (Å²) in [6, 6.07) is 16.1. The highest BCUT2D eigenvalue weighted by molar-refractivity contribution is 5.94. The van der Waals surface area contributed by atoms with Gasteiger partial charge in [-0.3, -0.25) is 9.48 Å². The van der Waals surface area contributed by atoms with Crippen molar-refractivity contribution < 1.29 is 29.3 Å². The summed E-state index contributed by atoms with van der Waals surface area (Å²) in [6.07, 6.45) is 0.782. The van der Waals surface area contributed by atoms with Gasteiger partial charge in [0.25, 0.3) is 5.91 Å². The number of rotatable bonds is 8. The van der Waals surface area contributed by atoms with Crippen molar-refractivity contribution in [3.8, 4) is 11.1 Å². The normalized spacial score (nSPS) is 13.9. The molecule has 2 amide bonds. The standard InChI is InChI=1S/C25H26N4O6/c1-25(34,23(31)32)14-27-22(30)21-15(12-28-29(21)2)11-26-24(33)35-13-20-18-9-5-3-7-16(18)17-8-4-6-10-19(17)20/h3-10,12,20,34H,11,13-14H2,1-2H3,(H,26,33)(H,27,30)(H,31,32). The zero-order valence-electron chi connectivity index (χ0n) is 19.3. The summed E-state index contributed by atoms with van der Waals surface area (Å²) in [6.45, 7) is 0.719. The molecule has 0 radical (unpaired) electrons. The maximum Gasteiger partial charge on any atom is 0.407 e. The number of aromatic nitrogens is 2.